The summed E-state index contributed by atoms with van der Waals surface area (Å²) < 4.78 is 35.8. The number of nitrogens with zero attached hydrogens (tertiary/aromatic N) is 2. The van der Waals surface area contributed by atoms with Crippen molar-refractivity contribution in [2.75, 3.05) is 6.54 Å². The van der Waals surface area contributed by atoms with Crippen molar-refractivity contribution in [3.05, 3.63) is 45.8 Å². The van der Waals surface area contributed by atoms with Gasteiger partial charge in [0.15, 0.2) is 11.7 Å². The molecule has 1 aromatic heterocycles. The summed E-state index contributed by atoms with van der Waals surface area (Å²) in [6.07, 6.45) is 0. The molecule has 0 fully saturated rings. The number of hydrogen-bond acceptors (Lipinski definition) is 4. The van der Waals surface area contributed by atoms with Crippen molar-refractivity contribution in [1.82, 2.24) is 15.8 Å². The summed E-state index contributed by atoms with van der Waals surface area (Å²) in [5, 5.41) is 10.3. The molecule has 148 valence electrons. The van der Waals surface area contributed by atoms with Crippen LogP contribution >= 0.6 is 15.9 Å². The van der Waals surface area contributed by atoms with Gasteiger partial charge >= 0.3 is 6.61 Å². The first-order chi connectivity index (χ1) is 12.9. The smallest absolute Gasteiger partial charge is 0.387 e. The quantitative estimate of drug-likeness (QED) is 0.465. The van der Waals surface area contributed by atoms with Gasteiger partial charge in [-0.3, -0.25) is 0 Å². The maximum absolute atomic E-state index is 12.6. The predicted molar refractivity (Wildman–Crippen MR) is 103 cm³/mol. The zero-order chi connectivity index (χ0) is 19.8. The van der Waals surface area contributed by atoms with E-state index in [-0.39, 0.29) is 18.2 Å². The van der Waals surface area contributed by atoms with Crippen LogP contribution in [0.1, 0.15) is 43.7 Å². The largest absolute Gasteiger partial charge is 0.434 e. The molecule has 1 heterocycles. The first-order valence-electron chi connectivity index (χ1n) is 8.60. The summed E-state index contributed by atoms with van der Waals surface area (Å²) in [5.74, 6) is 1.61. The van der Waals surface area contributed by atoms with Gasteiger partial charge in [-0.25, -0.2) is 4.99 Å². The molecule has 0 saturated carbocycles. The zero-order valence-electron chi connectivity index (χ0n) is 15.4. The molecule has 9 heteroatoms. The van der Waals surface area contributed by atoms with Crippen LogP contribution in [-0.2, 0) is 13.1 Å². The van der Waals surface area contributed by atoms with Gasteiger partial charge in [0.2, 0.25) is 0 Å². The Labute approximate surface area is 165 Å². The molecule has 0 unspecified atom stereocenters. The van der Waals surface area contributed by atoms with Gasteiger partial charge in [-0.05, 0) is 31.0 Å². The number of halogens is 3. The molecule has 0 radical (unpaired) electrons. The zero-order valence-corrected chi connectivity index (χ0v) is 17.0. The van der Waals surface area contributed by atoms with E-state index in [2.05, 4.69) is 41.4 Å². The third-order valence-corrected chi connectivity index (χ3v) is 4.08. The minimum atomic E-state index is -2.89. The Morgan fingerprint density at radius 2 is 2.07 bits per heavy atom. The molecule has 2 rings (SSSR count). The van der Waals surface area contributed by atoms with Crippen LogP contribution in [-0.4, -0.2) is 24.3 Å². The number of benzene rings is 1. The molecule has 0 saturated heterocycles. The van der Waals surface area contributed by atoms with Crippen LogP contribution in [0.2, 0.25) is 0 Å². The van der Waals surface area contributed by atoms with Gasteiger partial charge in [0.05, 0.1) is 18.8 Å². The summed E-state index contributed by atoms with van der Waals surface area (Å²) in [4.78, 5) is 4.44. The van der Waals surface area contributed by atoms with Crippen molar-refractivity contribution in [3.63, 3.8) is 0 Å². The van der Waals surface area contributed by atoms with Crippen LogP contribution in [0.15, 0.2) is 38.3 Å². The summed E-state index contributed by atoms with van der Waals surface area (Å²) >= 11 is 3.33. The van der Waals surface area contributed by atoms with Gasteiger partial charge in [0.25, 0.3) is 0 Å². The fourth-order valence-electron chi connectivity index (χ4n) is 2.24. The third kappa shape index (κ3) is 6.82. The van der Waals surface area contributed by atoms with Crippen molar-refractivity contribution in [2.24, 2.45) is 4.99 Å². The molecule has 27 heavy (non-hydrogen) atoms. The Morgan fingerprint density at radius 1 is 1.30 bits per heavy atom. The van der Waals surface area contributed by atoms with Gasteiger partial charge in [0.1, 0.15) is 5.75 Å². The van der Waals surface area contributed by atoms with E-state index < -0.39 is 6.61 Å². The first-order valence-corrected chi connectivity index (χ1v) is 9.39. The first kappa shape index (κ1) is 21.1. The lowest BCUT2D eigenvalue weighted by Crippen LogP contribution is -2.36. The van der Waals surface area contributed by atoms with Crippen LogP contribution in [0, 0.1) is 0 Å². The molecule has 0 spiro atoms. The molecular weight excluding hydrogens is 422 g/mol. The highest BCUT2D eigenvalue weighted by Gasteiger charge is 2.11. The summed E-state index contributed by atoms with van der Waals surface area (Å²) in [7, 11) is 0. The lowest BCUT2D eigenvalue weighted by Gasteiger charge is -2.12. The number of ether oxygens (including phenoxy) is 1. The average molecular weight is 445 g/mol. The van der Waals surface area contributed by atoms with E-state index in [1.165, 1.54) is 6.07 Å². The van der Waals surface area contributed by atoms with Crippen molar-refractivity contribution >= 4 is 21.9 Å². The van der Waals surface area contributed by atoms with Gasteiger partial charge < -0.3 is 19.9 Å². The Kier molecular flexibility index (Phi) is 8.02. The number of rotatable bonds is 8. The van der Waals surface area contributed by atoms with E-state index in [0.29, 0.717) is 30.4 Å². The fourth-order valence-corrected chi connectivity index (χ4v) is 2.65. The SMILES string of the molecule is CCNC(=NCc1cc(Br)ccc1OC(F)F)NCc1cc(C(C)C)no1. The average Bonchev–Trinajstić information content (AvgIpc) is 3.08. The fraction of sp³-hybridized carbons (Fsp3) is 0.444. The van der Waals surface area contributed by atoms with E-state index >= 15 is 0 Å². The second kappa shape index (κ2) is 10.2. The summed E-state index contributed by atoms with van der Waals surface area (Å²) in [5.41, 5.74) is 1.43. The minimum absolute atomic E-state index is 0.101. The highest BCUT2D eigenvalue weighted by molar-refractivity contribution is 9.10. The number of guanidine groups is 1. The van der Waals surface area contributed by atoms with Crippen LogP contribution in [0.25, 0.3) is 0 Å². The molecule has 0 atom stereocenters. The van der Waals surface area contributed by atoms with Crippen molar-refractivity contribution in [2.45, 2.75) is 46.4 Å². The molecule has 0 aliphatic rings. The Morgan fingerprint density at radius 3 is 2.70 bits per heavy atom. The molecule has 0 aliphatic carbocycles. The molecule has 2 N–H and O–H groups in total. The Balaban J connectivity index is 2.07. The van der Waals surface area contributed by atoms with Crippen molar-refractivity contribution in [1.29, 1.82) is 0 Å². The molecule has 6 nitrogen and oxygen atoms in total. The van der Waals surface area contributed by atoms with Crippen molar-refractivity contribution < 1.29 is 18.0 Å². The highest BCUT2D eigenvalue weighted by atomic mass is 79.9. The Bertz CT molecular complexity index is 766. The van der Waals surface area contributed by atoms with Gasteiger partial charge in [-0.2, -0.15) is 8.78 Å². The van der Waals surface area contributed by atoms with Crippen LogP contribution in [0.4, 0.5) is 8.78 Å². The number of aromatic nitrogens is 1. The summed E-state index contributed by atoms with van der Waals surface area (Å²) in [6.45, 7) is 4.36. The van der Waals surface area contributed by atoms with Crippen LogP contribution in [0.3, 0.4) is 0 Å². The van der Waals surface area contributed by atoms with Gasteiger partial charge in [-0.1, -0.05) is 34.9 Å². The maximum atomic E-state index is 12.6. The van der Waals surface area contributed by atoms with Gasteiger partial charge in [-0.15, -0.1) is 0 Å². The molecule has 0 amide bonds. The minimum Gasteiger partial charge on any atom is -0.434 e. The number of nitrogens with one attached hydrogen (secondary N) is 2. The standard InChI is InChI=1S/C18H23BrF2N4O2/c1-4-22-18(24-10-14-8-15(11(2)3)25-27-14)23-9-12-7-13(19)5-6-16(12)26-17(20)21/h5-8,11,17H,4,9-10H2,1-3H3,(H2,22,23,24). The summed E-state index contributed by atoms with van der Waals surface area (Å²) in [6, 6.07) is 6.73. The molecular formula is C18H23BrF2N4O2. The monoisotopic (exact) mass is 444 g/mol. The van der Waals surface area contributed by atoms with Crippen LogP contribution in [0.5, 0.6) is 5.75 Å². The molecule has 0 aliphatic heterocycles. The van der Waals surface area contributed by atoms with E-state index in [9.17, 15) is 8.78 Å². The normalized spacial score (nSPS) is 11.9. The lowest BCUT2D eigenvalue weighted by molar-refractivity contribution is -0.0504. The van der Waals surface area contributed by atoms with E-state index in [1.54, 1.807) is 12.1 Å². The lowest BCUT2D eigenvalue weighted by atomic mass is 10.1. The van der Waals surface area contributed by atoms with E-state index in [1.807, 2.05) is 26.8 Å². The maximum Gasteiger partial charge on any atom is 0.387 e. The van der Waals surface area contributed by atoms with E-state index in [4.69, 9.17) is 4.52 Å². The Hall–Kier alpha value is -2.16. The topological polar surface area (TPSA) is 71.7 Å². The van der Waals surface area contributed by atoms with Crippen molar-refractivity contribution in [3.8, 4) is 5.75 Å². The second-order valence-corrected chi connectivity index (χ2v) is 6.97. The number of hydrogen-bond donors (Lipinski definition) is 2. The predicted octanol–water partition coefficient (Wildman–Crippen LogP) is 4.42. The second-order valence-electron chi connectivity index (χ2n) is 6.05. The number of aliphatic imine (C=N–C) groups is 1. The molecule has 2 aromatic rings. The highest BCUT2D eigenvalue weighted by Crippen LogP contribution is 2.25. The van der Waals surface area contributed by atoms with Gasteiger partial charge in [0, 0.05) is 22.6 Å². The molecule has 0 bridgehead atoms. The third-order valence-electron chi connectivity index (χ3n) is 3.59. The number of alkyl halides is 2. The van der Waals surface area contributed by atoms with E-state index in [0.717, 1.165) is 10.2 Å². The van der Waals surface area contributed by atoms with Crippen LogP contribution < -0.4 is 15.4 Å². The molecule has 1 aromatic carbocycles.